The highest BCUT2D eigenvalue weighted by Crippen LogP contribution is 2.36. The first-order valence-electron chi connectivity index (χ1n) is 6.90. The molecule has 106 valence electrons. The zero-order valence-corrected chi connectivity index (χ0v) is 11.6. The van der Waals surface area contributed by atoms with Gasteiger partial charge in [0.2, 0.25) is 0 Å². The largest absolute Gasteiger partial charge is 0.490 e. The number of rotatable bonds is 5. The van der Waals surface area contributed by atoms with E-state index >= 15 is 0 Å². The zero-order chi connectivity index (χ0) is 13.7. The first kappa shape index (κ1) is 14.2. The van der Waals surface area contributed by atoms with Gasteiger partial charge in [-0.15, -0.1) is 0 Å². The van der Waals surface area contributed by atoms with Crippen LogP contribution < -0.4 is 9.47 Å². The number of ether oxygens (including phenoxy) is 3. The standard InChI is InChI=1S/C15H22O4/c1-3-18-13-7-6-12(10-14(13)19-4-2)15(16)8-5-9-17-11-15/h6-7,10,16H,3-5,8-9,11H2,1-2H3. The Morgan fingerprint density at radius 1 is 1.21 bits per heavy atom. The van der Waals surface area contributed by atoms with Gasteiger partial charge in [-0.25, -0.2) is 0 Å². The average molecular weight is 266 g/mol. The molecule has 0 aromatic heterocycles. The van der Waals surface area contributed by atoms with Gasteiger partial charge in [0, 0.05) is 6.61 Å². The fourth-order valence-electron chi connectivity index (χ4n) is 2.35. The highest BCUT2D eigenvalue weighted by Gasteiger charge is 2.32. The number of hydrogen-bond acceptors (Lipinski definition) is 4. The lowest BCUT2D eigenvalue weighted by Gasteiger charge is -2.32. The van der Waals surface area contributed by atoms with Crippen molar-refractivity contribution in [1.82, 2.24) is 0 Å². The molecule has 1 heterocycles. The van der Waals surface area contributed by atoms with Gasteiger partial charge in [-0.05, 0) is 44.4 Å². The van der Waals surface area contributed by atoms with Gasteiger partial charge in [-0.1, -0.05) is 6.07 Å². The van der Waals surface area contributed by atoms with E-state index in [-0.39, 0.29) is 0 Å². The van der Waals surface area contributed by atoms with Crippen molar-refractivity contribution in [3.63, 3.8) is 0 Å². The Bertz CT molecular complexity index is 411. The molecule has 0 saturated carbocycles. The second kappa shape index (κ2) is 6.26. The van der Waals surface area contributed by atoms with E-state index in [1.54, 1.807) is 0 Å². The molecular formula is C15H22O4. The summed E-state index contributed by atoms with van der Waals surface area (Å²) >= 11 is 0. The van der Waals surface area contributed by atoms with Gasteiger partial charge in [0.05, 0.1) is 19.8 Å². The predicted octanol–water partition coefficient (Wildman–Crippen LogP) is 2.48. The van der Waals surface area contributed by atoms with Crippen LogP contribution in [0.5, 0.6) is 11.5 Å². The van der Waals surface area contributed by atoms with Crippen LogP contribution in [0.25, 0.3) is 0 Å². The summed E-state index contributed by atoms with van der Waals surface area (Å²) in [5, 5.41) is 10.6. The van der Waals surface area contributed by atoms with Crippen molar-refractivity contribution >= 4 is 0 Å². The minimum atomic E-state index is -0.908. The van der Waals surface area contributed by atoms with E-state index in [1.165, 1.54) is 0 Å². The fourth-order valence-corrected chi connectivity index (χ4v) is 2.35. The molecular weight excluding hydrogens is 244 g/mol. The minimum absolute atomic E-state index is 0.340. The Hall–Kier alpha value is -1.26. The Balaban J connectivity index is 2.28. The molecule has 4 nitrogen and oxygen atoms in total. The maximum absolute atomic E-state index is 10.6. The van der Waals surface area contributed by atoms with E-state index in [1.807, 2.05) is 32.0 Å². The molecule has 0 radical (unpaired) electrons. The molecule has 0 bridgehead atoms. The van der Waals surface area contributed by atoms with Crippen LogP contribution in [-0.2, 0) is 10.3 Å². The smallest absolute Gasteiger partial charge is 0.161 e. The van der Waals surface area contributed by atoms with Crippen LogP contribution in [0.3, 0.4) is 0 Å². The third kappa shape index (κ3) is 3.19. The molecule has 0 spiro atoms. The SMILES string of the molecule is CCOc1ccc(C2(O)CCCOC2)cc1OCC. The number of hydrogen-bond donors (Lipinski definition) is 1. The number of aliphatic hydroxyl groups is 1. The van der Waals surface area contributed by atoms with Crippen molar-refractivity contribution < 1.29 is 19.3 Å². The van der Waals surface area contributed by atoms with E-state index in [4.69, 9.17) is 14.2 Å². The van der Waals surface area contributed by atoms with E-state index in [0.717, 1.165) is 18.6 Å². The second-order valence-electron chi connectivity index (χ2n) is 4.72. The van der Waals surface area contributed by atoms with Gasteiger partial charge in [0.15, 0.2) is 11.5 Å². The van der Waals surface area contributed by atoms with E-state index in [2.05, 4.69) is 0 Å². The first-order valence-corrected chi connectivity index (χ1v) is 6.90. The van der Waals surface area contributed by atoms with Crippen LogP contribution in [0.4, 0.5) is 0 Å². The lowest BCUT2D eigenvalue weighted by molar-refractivity contribution is -0.0903. The third-order valence-corrected chi connectivity index (χ3v) is 3.30. The Kier molecular flexibility index (Phi) is 4.66. The molecule has 4 heteroatoms. The summed E-state index contributed by atoms with van der Waals surface area (Å²) in [5.74, 6) is 1.40. The van der Waals surface area contributed by atoms with Gasteiger partial charge in [-0.2, -0.15) is 0 Å². The summed E-state index contributed by atoms with van der Waals surface area (Å²) in [6.07, 6.45) is 1.58. The summed E-state index contributed by atoms with van der Waals surface area (Å²) in [6, 6.07) is 5.61. The predicted molar refractivity (Wildman–Crippen MR) is 72.7 cm³/mol. The summed E-state index contributed by atoms with van der Waals surface area (Å²) in [6.45, 7) is 6.09. The molecule has 1 aliphatic heterocycles. The molecule has 1 saturated heterocycles. The average Bonchev–Trinajstić information content (AvgIpc) is 2.42. The van der Waals surface area contributed by atoms with Gasteiger partial charge in [0.25, 0.3) is 0 Å². The van der Waals surface area contributed by atoms with E-state index in [0.29, 0.717) is 37.7 Å². The van der Waals surface area contributed by atoms with Gasteiger partial charge in [-0.3, -0.25) is 0 Å². The lowest BCUT2D eigenvalue weighted by atomic mass is 9.88. The summed E-state index contributed by atoms with van der Waals surface area (Å²) in [5.41, 5.74) is -0.0754. The molecule has 19 heavy (non-hydrogen) atoms. The molecule has 2 rings (SSSR count). The van der Waals surface area contributed by atoms with Gasteiger partial charge >= 0.3 is 0 Å². The quantitative estimate of drug-likeness (QED) is 0.889. The van der Waals surface area contributed by atoms with Crippen LogP contribution in [0.2, 0.25) is 0 Å². The van der Waals surface area contributed by atoms with Crippen LogP contribution in [0, 0.1) is 0 Å². The van der Waals surface area contributed by atoms with Crippen molar-refractivity contribution in [3.8, 4) is 11.5 Å². The zero-order valence-electron chi connectivity index (χ0n) is 11.6. The van der Waals surface area contributed by atoms with E-state index in [9.17, 15) is 5.11 Å². The normalized spacial score (nSPS) is 23.1. The molecule has 1 N–H and O–H groups in total. The summed E-state index contributed by atoms with van der Waals surface area (Å²) in [7, 11) is 0. The Morgan fingerprint density at radius 2 is 1.95 bits per heavy atom. The second-order valence-corrected chi connectivity index (χ2v) is 4.72. The third-order valence-electron chi connectivity index (χ3n) is 3.30. The van der Waals surface area contributed by atoms with Crippen molar-refractivity contribution in [2.45, 2.75) is 32.3 Å². The van der Waals surface area contributed by atoms with Gasteiger partial charge < -0.3 is 19.3 Å². The van der Waals surface area contributed by atoms with Crippen molar-refractivity contribution in [3.05, 3.63) is 23.8 Å². The first-order chi connectivity index (χ1) is 9.19. The maximum atomic E-state index is 10.6. The molecule has 1 atom stereocenters. The Morgan fingerprint density at radius 3 is 2.58 bits per heavy atom. The van der Waals surface area contributed by atoms with Crippen LogP contribution in [0.1, 0.15) is 32.3 Å². The summed E-state index contributed by atoms with van der Waals surface area (Å²) < 4.78 is 16.5. The van der Waals surface area contributed by atoms with Crippen LogP contribution in [0.15, 0.2) is 18.2 Å². The summed E-state index contributed by atoms with van der Waals surface area (Å²) in [4.78, 5) is 0. The molecule has 0 aliphatic carbocycles. The van der Waals surface area contributed by atoms with Gasteiger partial charge in [0.1, 0.15) is 5.60 Å². The monoisotopic (exact) mass is 266 g/mol. The fraction of sp³-hybridized carbons (Fsp3) is 0.600. The van der Waals surface area contributed by atoms with Crippen molar-refractivity contribution in [2.75, 3.05) is 26.4 Å². The molecule has 0 amide bonds. The topological polar surface area (TPSA) is 47.9 Å². The minimum Gasteiger partial charge on any atom is -0.490 e. The molecule has 1 fully saturated rings. The van der Waals surface area contributed by atoms with Crippen molar-refractivity contribution in [2.24, 2.45) is 0 Å². The maximum Gasteiger partial charge on any atom is 0.161 e. The molecule has 1 aliphatic rings. The van der Waals surface area contributed by atoms with E-state index < -0.39 is 5.60 Å². The molecule has 1 aromatic carbocycles. The lowest BCUT2D eigenvalue weighted by Crippen LogP contribution is -2.35. The van der Waals surface area contributed by atoms with Crippen LogP contribution in [-0.4, -0.2) is 31.5 Å². The highest BCUT2D eigenvalue weighted by molar-refractivity contribution is 5.44. The van der Waals surface area contributed by atoms with Crippen LogP contribution >= 0.6 is 0 Å². The Labute approximate surface area is 114 Å². The molecule has 1 unspecified atom stereocenters. The molecule has 1 aromatic rings. The van der Waals surface area contributed by atoms with Crippen molar-refractivity contribution in [1.29, 1.82) is 0 Å². The number of benzene rings is 1. The highest BCUT2D eigenvalue weighted by atomic mass is 16.5.